The summed E-state index contributed by atoms with van der Waals surface area (Å²) in [5, 5.41) is 14.5. The van der Waals surface area contributed by atoms with E-state index in [-0.39, 0.29) is 10.6 Å². The molecule has 1 N–H and O–H groups in total. The van der Waals surface area contributed by atoms with E-state index in [9.17, 15) is 10.1 Å². The zero-order chi connectivity index (χ0) is 14.0. The first-order valence-electron chi connectivity index (χ1n) is 7.04. The summed E-state index contributed by atoms with van der Waals surface area (Å²) < 4.78 is 0. The van der Waals surface area contributed by atoms with Crippen molar-refractivity contribution in [1.82, 2.24) is 0 Å². The highest BCUT2D eigenvalue weighted by Crippen LogP contribution is 2.37. The summed E-state index contributed by atoms with van der Waals surface area (Å²) in [7, 11) is 0. The van der Waals surface area contributed by atoms with E-state index in [4.69, 9.17) is 0 Å². The summed E-state index contributed by atoms with van der Waals surface area (Å²) in [6, 6.07) is 5.75. The van der Waals surface area contributed by atoms with Crippen molar-refractivity contribution >= 4 is 11.4 Å². The average Bonchev–Trinajstić information content (AvgIpc) is 2.72. The normalized spacial score (nSPS) is 26.4. The van der Waals surface area contributed by atoms with Crippen LogP contribution in [0.15, 0.2) is 18.2 Å². The second-order valence-corrected chi connectivity index (χ2v) is 5.63. The SMILES string of the molecule is CCC1CCC(Nc2ccc(C)cc2[N+](=O)[O-])C1C. The maximum atomic E-state index is 11.1. The molecule has 0 aromatic heterocycles. The molecule has 3 unspecified atom stereocenters. The topological polar surface area (TPSA) is 55.2 Å². The number of benzene rings is 1. The summed E-state index contributed by atoms with van der Waals surface area (Å²) in [6.07, 6.45) is 3.51. The van der Waals surface area contributed by atoms with Gasteiger partial charge in [-0.3, -0.25) is 10.1 Å². The van der Waals surface area contributed by atoms with Gasteiger partial charge in [0, 0.05) is 12.1 Å². The Morgan fingerprint density at radius 1 is 1.42 bits per heavy atom. The first kappa shape index (κ1) is 13.8. The van der Waals surface area contributed by atoms with E-state index in [1.807, 2.05) is 19.1 Å². The molecular weight excluding hydrogens is 240 g/mol. The molecule has 1 aromatic carbocycles. The van der Waals surface area contributed by atoms with Crippen LogP contribution in [0.1, 0.15) is 38.7 Å². The van der Waals surface area contributed by atoms with Gasteiger partial charge in [0.2, 0.25) is 0 Å². The standard InChI is InChI=1S/C15H22N2O2/c1-4-12-6-8-13(11(12)3)16-14-7-5-10(2)9-15(14)17(18)19/h5,7,9,11-13,16H,4,6,8H2,1-3H3. The number of hydrogen-bond donors (Lipinski definition) is 1. The minimum absolute atomic E-state index is 0.187. The number of aryl methyl sites for hydroxylation is 1. The van der Waals surface area contributed by atoms with Crippen LogP contribution in [0.25, 0.3) is 0 Å². The maximum Gasteiger partial charge on any atom is 0.292 e. The molecule has 19 heavy (non-hydrogen) atoms. The van der Waals surface area contributed by atoms with Crippen molar-refractivity contribution in [3.63, 3.8) is 0 Å². The lowest BCUT2D eigenvalue weighted by atomic mass is 9.93. The van der Waals surface area contributed by atoms with E-state index < -0.39 is 0 Å². The van der Waals surface area contributed by atoms with Crippen LogP contribution in [0, 0.1) is 28.9 Å². The number of rotatable bonds is 4. The average molecular weight is 262 g/mol. The van der Waals surface area contributed by atoms with Crippen molar-refractivity contribution in [3.8, 4) is 0 Å². The Balaban J connectivity index is 2.18. The van der Waals surface area contributed by atoms with Gasteiger partial charge in [0.05, 0.1) is 4.92 Å². The van der Waals surface area contributed by atoms with Gasteiger partial charge in [-0.1, -0.05) is 26.3 Å². The number of nitrogens with one attached hydrogen (secondary N) is 1. The minimum Gasteiger partial charge on any atom is -0.376 e. The molecule has 0 aliphatic heterocycles. The van der Waals surface area contributed by atoms with E-state index in [1.165, 1.54) is 12.8 Å². The molecule has 2 rings (SSSR count). The summed E-state index contributed by atoms with van der Waals surface area (Å²) in [6.45, 7) is 6.35. The summed E-state index contributed by atoms with van der Waals surface area (Å²) >= 11 is 0. The van der Waals surface area contributed by atoms with Gasteiger partial charge < -0.3 is 5.32 Å². The Bertz CT molecular complexity index is 473. The predicted molar refractivity (Wildman–Crippen MR) is 77.4 cm³/mol. The van der Waals surface area contributed by atoms with Crippen LogP contribution < -0.4 is 5.32 Å². The zero-order valence-electron chi connectivity index (χ0n) is 11.8. The second-order valence-electron chi connectivity index (χ2n) is 5.63. The highest BCUT2D eigenvalue weighted by Gasteiger charge is 2.32. The smallest absolute Gasteiger partial charge is 0.292 e. The van der Waals surface area contributed by atoms with Crippen molar-refractivity contribution in [1.29, 1.82) is 0 Å². The van der Waals surface area contributed by atoms with Gasteiger partial charge in [0.25, 0.3) is 5.69 Å². The molecule has 1 fully saturated rings. The van der Waals surface area contributed by atoms with Gasteiger partial charge in [-0.05, 0) is 43.2 Å². The predicted octanol–water partition coefficient (Wildman–Crippen LogP) is 4.14. The Hall–Kier alpha value is -1.58. The van der Waals surface area contributed by atoms with Crippen LogP contribution >= 0.6 is 0 Å². The lowest BCUT2D eigenvalue weighted by Crippen LogP contribution is -2.25. The number of nitro benzene ring substituents is 1. The van der Waals surface area contributed by atoms with Crippen LogP contribution in [0.3, 0.4) is 0 Å². The molecule has 0 radical (unpaired) electrons. The second kappa shape index (κ2) is 5.59. The molecule has 4 heteroatoms. The third-order valence-corrected chi connectivity index (χ3v) is 4.44. The molecule has 0 spiro atoms. The first-order chi connectivity index (χ1) is 9.02. The fourth-order valence-electron chi connectivity index (χ4n) is 3.14. The van der Waals surface area contributed by atoms with Crippen LogP contribution in [-0.2, 0) is 0 Å². The molecule has 4 nitrogen and oxygen atoms in total. The highest BCUT2D eigenvalue weighted by atomic mass is 16.6. The molecule has 1 aliphatic rings. The van der Waals surface area contributed by atoms with Gasteiger partial charge in [0.15, 0.2) is 0 Å². The van der Waals surface area contributed by atoms with Crippen molar-refractivity contribution in [2.24, 2.45) is 11.8 Å². The van der Waals surface area contributed by atoms with Crippen molar-refractivity contribution < 1.29 is 4.92 Å². The quantitative estimate of drug-likeness (QED) is 0.655. The lowest BCUT2D eigenvalue weighted by molar-refractivity contribution is -0.384. The van der Waals surface area contributed by atoms with E-state index in [1.54, 1.807) is 6.07 Å². The Morgan fingerprint density at radius 2 is 2.16 bits per heavy atom. The van der Waals surface area contributed by atoms with Crippen LogP contribution in [0.5, 0.6) is 0 Å². The van der Waals surface area contributed by atoms with Crippen LogP contribution in [0.4, 0.5) is 11.4 Å². The van der Waals surface area contributed by atoms with E-state index in [0.29, 0.717) is 17.6 Å². The zero-order valence-corrected chi connectivity index (χ0v) is 11.8. The van der Waals surface area contributed by atoms with Gasteiger partial charge >= 0.3 is 0 Å². The van der Waals surface area contributed by atoms with E-state index in [0.717, 1.165) is 17.9 Å². The number of hydrogen-bond acceptors (Lipinski definition) is 3. The van der Waals surface area contributed by atoms with Crippen molar-refractivity contribution in [2.75, 3.05) is 5.32 Å². The molecule has 1 aliphatic carbocycles. The molecule has 0 bridgehead atoms. The molecule has 3 atom stereocenters. The molecular formula is C15H22N2O2. The van der Waals surface area contributed by atoms with Gasteiger partial charge in [0.1, 0.15) is 5.69 Å². The Kier molecular flexibility index (Phi) is 4.08. The van der Waals surface area contributed by atoms with E-state index in [2.05, 4.69) is 19.2 Å². The largest absolute Gasteiger partial charge is 0.376 e. The maximum absolute atomic E-state index is 11.1. The summed E-state index contributed by atoms with van der Waals surface area (Å²) in [5.74, 6) is 1.31. The highest BCUT2D eigenvalue weighted by molar-refractivity contribution is 5.63. The molecule has 0 heterocycles. The lowest BCUT2D eigenvalue weighted by Gasteiger charge is -2.22. The number of anilines is 1. The summed E-state index contributed by atoms with van der Waals surface area (Å²) in [5.41, 5.74) is 1.76. The monoisotopic (exact) mass is 262 g/mol. The Labute approximate surface area is 114 Å². The molecule has 104 valence electrons. The first-order valence-corrected chi connectivity index (χ1v) is 7.04. The summed E-state index contributed by atoms with van der Waals surface area (Å²) in [4.78, 5) is 10.8. The van der Waals surface area contributed by atoms with Gasteiger partial charge in [-0.25, -0.2) is 0 Å². The molecule has 0 saturated heterocycles. The van der Waals surface area contributed by atoms with Gasteiger partial charge in [-0.15, -0.1) is 0 Å². The van der Waals surface area contributed by atoms with Gasteiger partial charge in [-0.2, -0.15) is 0 Å². The van der Waals surface area contributed by atoms with Crippen LogP contribution in [0.2, 0.25) is 0 Å². The van der Waals surface area contributed by atoms with Crippen molar-refractivity contribution in [2.45, 2.75) is 46.1 Å². The molecule has 1 aromatic rings. The van der Waals surface area contributed by atoms with E-state index >= 15 is 0 Å². The minimum atomic E-state index is -0.299. The number of nitrogens with zero attached hydrogens (tertiary/aromatic N) is 1. The van der Waals surface area contributed by atoms with Crippen LogP contribution in [-0.4, -0.2) is 11.0 Å². The third-order valence-electron chi connectivity index (χ3n) is 4.44. The number of nitro groups is 1. The molecule has 0 amide bonds. The Morgan fingerprint density at radius 3 is 2.74 bits per heavy atom. The third kappa shape index (κ3) is 2.88. The fourth-order valence-corrected chi connectivity index (χ4v) is 3.14. The molecule has 1 saturated carbocycles. The van der Waals surface area contributed by atoms with Crippen molar-refractivity contribution in [3.05, 3.63) is 33.9 Å². The fraction of sp³-hybridized carbons (Fsp3) is 0.600.